The summed E-state index contributed by atoms with van der Waals surface area (Å²) in [7, 11) is 0. The number of hydrogen-bond acceptors (Lipinski definition) is 5. The Morgan fingerprint density at radius 3 is 2.77 bits per heavy atom. The normalized spacial score (nSPS) is 18.8. The minimum atomic E-state index is -0.319. The summed E-state index contributed by atoms with van der Waals surface area (Å²) in [5.74, 6) is 1.04. The number of nitrogens with one attached hydrogen (secondary N) is 1. The Hall–Kier alpha value is -3.35. The maximum absolute atomic E-state index is 13.6. The highest BCUT2D eigenvalue weighted by atomic mass is 19.1. The highest BCUT2D eigenvalue weighted by molar-refractivity contribution is 5.73. The van der Waals surface area contributed by atoms with Gasteiger partial charge in [-0.3, -0.25) is 9.78 Å². The summed E-state index contributed by atoms with van der Waals surface area (Å²) >= 11 is 0. The first kappa shape index (κ1) is 19.9. The SMILES string of the molecule is CC(=O)N1CC(c2nc(Nc3cccc(F)c3)cc(-c3cccnc3)n2)CCC1C. The van der Waals surface area contributed by atoms with Gasteiger partial charge in [-0.1, -0.05) is 6.07 Å². The van der Waals surface area contributed by atoms with E-state index in [4.69, 9.17) is 9.97 Å². The maximum Gasteiger partial charge on any atom is 0.219 e. The van der Waals surface area contributed by atoms with Crippen LogP contribution in [0.3, 0.4) is 0 Å². The lowest BCUT2D eigenvalue weighted by Gasteiger charge is -2.37. The molecule has 2 atom stereocenters. The molecule has 7 heteroatoms. The Kier molecular flexibility index (Phi) is 5.70. The van der Waals surface area contributed by atoms with Crippen LogP contribution >= 0.6 is 0 Å². The molecule has 3 aromatic rings. The third kappa shape index (κ3) is 4.45. The van der Waals surface area contributed by atoms with Crippen molar-refractivity contribution in [3.05, 3.63) is 66.5 Å². The van der Waals surface area contributed by atoms with Crippen LogP contribution in [0.2, 0.25) is 0 Å². The summed E-state index contributed by atoms with van der Waals surface area (Å²) in [6.07, 6.45) is 5.27. The summed E-state index contributed by atoms with van der Waals surface area (Å²) in [4.78, 5) is 27.6. The molecule has 1 aliphatic rings. The van der Waals surface area contributed by atoms with Crippen LogP contribution in [-0.4, -0.2) is 38.3 Å². The van der Waals surface area contributed by atoms with Crippen LogP contribution in [0.15, 0.2) is 54.9 Å². The summed E-state index contributed by atoms with van der Waals surface area (Å²) in [6, 6.07) is 12.1. The fourth-order valence-electron chi connectivity index (χ4n) is 3.85. The van der Waals surface area contributed by atoms with Gasteiger partial charge in [0.1, 0.15) is 17.5 Å². The third-order valence-corrected chi connectivity index (χ3v) is 5.45. The fourth-order valence-corrected chi connectivity index (χ4v) is 3.85. The largest absolute Gasteiger partial charge is 0.340 e. The van der Waals surface area contributed by atoms with Gasteiger partial charge in [0.25, 0.3) is 0 Å². The number of aromatic nitrogens is 3. The molecule has 0 bridgehead atoms. The topological polar surface area (TPSA) is 71.0 Å². The van der Waals surface area contributed by atoms with Crippen LogP contribution in [-0.2, 0) is 4.79 Å². The maximum atomic E-state index is 13.6. The number of piperidine rings is 1. The second-order valence-corrected chi connectivity index (χ2v) is 7.67. The second-order valence-electron chi connectivity index (χ2n) is 7.67. The van der Waals surface area contributed by atoms with Crippen molar-refractivity contribution in [3.63, 3.8) is 0 Å². The molecular formula is C23H24FN5O. The van der Waals surface area contributed by atoms with Crippen molar-refractivity contribution in [2.45, 2.75) is 38.6 Å². The average molecular weight is 405 g/mol. The number of benzene rings is 1. The zero-order valence-corrected chi connectivity index (χ0v) is 17.0. The van der Waals surface area contributed by atoms with Crippen molar-refractivity contribution in [2.75, 3.05) is 11.9 Å². The lowest BCUT2D eigenvalue weighted by Crippen LogP contribution is -2.44. The van der Waals surface area contributed by atoms with Crippen molar-refractivity contribution >= 4 is 17.4 Å². The standard InChI is InChI=1S/C23H24FN5O/c1-15-8-9-18(14-29(15)16(2)30)23-27-21(17-5-4-10-25-13-17)12-22(28-23)26-20-7-3-6-19(24)11-20/h3-7,10-13,15,18H,8-9,14H2,1-2H3,(H,26,27,28). The molecule has 0 saturated carbocycles. The molecule has 0 aliphatic carbocycles. The first-order valence-corrected chi connectivity index (χ1v) is 10.1. The van der Waals surface area contributed by atoms with E-state index in [0.29, 0.717) is 23.9 Å². The molecule has 1 aliphatic heterocycles. The van der Waals surface area contributed by atoms with Crippen LogP contribution in [0.1, 0.15) is 38.4 Å². The Morgan fingerprint density at radius 2 is 2.03 bits per heavy atom. The molecule has 6 nitrogen and oxygen atoms in total. The van der Waals surface area contributed by atoms with Crippen LogP contribution in [0.5, 0.6) is 0 Å². The number of halogens is 1. The molecular weight excluding hydrogens is 381 g/mol. The molecule has 1 amide bonds. The van der Waals surface area contributed by atoms with Gasteiger partial charge in [0.15, 0.2) is 0 Å². The molecule has 1 N–H and O–H groups in total. The Balaban J connectivity index is 1.71. The predicted octanol–water partition coefficient (Wildman–Crippen LogP) is 4.54. The number of nitrogens with zero attached hydrogens (tertiary/aromatic N) is 4. The molecule has 2 aromatic heterocycles. The Labute approximate surface area is 175 Å². The van der Waals surface area contributed by atoms with Gasteiger partial charge in [-0.15, -0.1) is 0 Å². The summed E-state index contributed by atoms with van der Waals surface area (Å²) in [5.41, 5.74) is 2.22. The van der Waals surface area contributed by atoms with E-state index in [1.165, 1.54) is 12.1 Å². The van der Waals surface area contributed by atoms with Gasteiger partial charge in [-0.25, -0.2) is 14.4 Å². The highest BCUT2D eigenvalue weighted by Gasteiger charge is 2.30. The van der Waals surface area contributed by atoms with Gasteiger partial charge in [0.05, 0.1) is 5.69 Å². The van der Waals surface area contributed by atoms with Gasteiger partial charge in [0.2, 0.25) is 5.91 Å². The number of carbonyl (C=O) groups is 1. The summed E-state index contributed by atoms with van der Waals surface area (Å²) in [5, 5.41) is 3.19. The van der Waals surface area contributed by atoms with Crippen molar-refractivity contribution in [3.8, 4) is 11.3 Å². The molecule has 2 unspecified atom stereocenters. The van der Waals surface area contributed by atoms with Gasteiger partial charge in [0, 0.05) is 55.1 Å². The number of hydrogen-bond donors (Lipinski definition) is 1. The molecule has 30 heavy (non-hydrogen) atoms. The number of likely N-dealkylation sites (tertiary alicyclic amines) is 1. The Bertz CT molecular complexity index is 1040. The lowest BCUT2D eigenvalue weighted by molar-refractivity contribution is -0.132. The summed E-state index contributed by atoms with van der Waals surface area (Å²) < 4.78 is 13.6. The van der Waals surface area contributed by atoms with Crippen molar-refractivity contribution in [2.24, 2.45) is 0 Å². The van der Waals surface area contributed by atoms with Gasteiger partial charge in [-0.05, 0) is 50.1 Å². The smallest absolute Gasteiger partial charge is 0.219 e. The quantitative estimate of drug-likeness (QED) is 0.690. The second kappa shape index (κ2) is 8.57. The fraction of sp³-hybridized carbons (Fsp3) is 0.304. The van der Waals surface area contributed by atoms with Crippen LogP contribution in [0, 0.1) is 5.82 Å². The van der Waals surface area contributed by atoms with Crippen LogP contribution in [0.4, 0.5) is 15.9 Å². The van der Waals surface area contributed by atoms with Gasteiger partial charge < -0.3 is 10.2 Å². The van der Waals surface area contributed by atoms with Crippen molar-refractivity contribution in [1.29, 1.82) is 0 Å². The number of amides is 1. The summed E-state index contributed by atoms with van der Waals surface area (Å²) in [6.45, 7) is 4.26. The number of pyridine rings is 1. The molecule has 1 fully saturated rings. The molecule has 154 valence electrons. The van der Waals surface area contributed by atoms with Crippen molar-refractivity contribution in [1.82, 2.24) is 19.9 Å². The monoisotopic (exact) mass is 405 g/mol. The minimum Gasteiger partial charge on any atom is -0.340 e. The number of anilines is 2. The van der Waals surface area contributed by atoms with E-state index < -0.39 is 0 Å². The molecule has 1 aromatic carbocycles. The number of carbonyl (C=O) groups excluding carboxylic acids is 1. The van der Waals surface area contributed by atoms with E-state index in [1.54, 1.807) is 31.5 Å². The van der Waals surface area contributed by atoms with Crippen LogP contribution in [0.25, 0.3) is 11.3 Å². The molecule has 4 rings (SSSR count). The lowest BCUT2D eigenvalue weighted by atomic mass is 9.92. The molecule has 3 heterocycles. The molecule has 1 saturated heterocycles. The Morgan fingerprint density at radius 1 is 1.17 bits per heavy atom. The molecule has 0 radical (unpaired) electrons. The highest BCUT2D eigenvalue weighted by Crippen LogP contribution is 2.31. The van der Waals surface area contributed by atoms with E-state index in [2.05, 4.69) is 17.2 Å². The number of rotatable bonds is 4. The zero-order chi connectivity index (χ0) is 21.1. The van der Waals surface area contributed by atoms with Crippen LogP contribution < -0.4 is 5.32 Å². The minimum absolute atomic E-state index is 0.0368. The third-order valence-electron chi connectivity index (χ3n) is 5.45. The van der Waals surface area contributed by atoms with Gasteiger partial charge >= 0.3 is 0 Å². The van der Waals surface area contributed by atoms with Crippen molar-refractivity contribution < 1.29 is 9.18 Å². The van der Waals surface area contributed by atoms with E-state index >= 15 is 0 Å². The van der Waals surface area contributed by atoms with E-state index in [1.807, 2.05) is 23.1 Å². The van der Waals surface area contributed by atoms with Gasteiger partial charge in [-0.2, -0.15) is 0 Å². The van der Waals surface area contributed by atoms with E-state index in [-0.39, 0.29) is 23.7 Å². The first-order valence-electron chi connectivity index (χ1n) is 10.1. The average Bonchev–Trinajstić information content (AvgIpc) is 2.74. The van der Waals surface area contributed by atoms with E-state index in [9.17, 15) is 9.18 Å². The molecule has 0 spiro atoms. The van der Waals surface area contributed by atoms with E-state index in [0.717, 1.165) is 24.1 Å². The zero-order valence-electron chi connectivity index (χ0n) is 17.0. The predicted molar refractivity (Wildman–Crippen MR) is 114 cm³/mol. The first-order chi connectivity index (χ1) is 14.5.